The number of nitrogens with zero attached hydrogens (tertiary/aromatic N) is 1. The van der Waals surface area contributed by atoms with Crippen LogP contribution in [0.1, 0.15) is 27.0 Å². The molecule has 0 aliphatic rings. The summed E-state index contributed by atoms with van der Waals surface area (Å²) in [5, 5.41) is 6.63. The molecule has 0 fully saturated rings. The number of guanidine groups is 1. The second-order valence-electron chi connectivity index (χ2n) is 5.72. The molecule has 0 heterocycles. The lowest BCUT2D eigenvalue weighted by Gasteiger charge is -2.13. The maximum atomic E-state index is 11.4. The number of rotatable bonds is 6. The van der Waals surface area contributed by atoms with Crippen molar-refractivity contribution in [3.63, 3.8) is 0 Å². The Morgan fingerprint density at radius 3 is 2.44 bits per heavy atom. The van der Waals surface area contributed by atoms with E-state index in [0.717, 1.165) is 31.0 Å². The van der Waals surface area contributed by atoms with Crippen LogP contribution < -0.4 is 10.6 Å². The van der Waals surface area contributed by atoms with Crippen LogP contribution in [0.25, 0.3) is 0 Å². The van der Waals surface area contributed by atoms with Crippen LogP contribution >= 0.6 is 0 Å². The SMILES string of the molecule is CN=C(NCCc1ccc(C(=O)OC)cc1)NCc1ccccc1C. The van der Waals surface area contributed by atoms with Gasteiger partial charge in [-0.3, -0.25) is 4.99 Å². The van der Waals surface area contributed by atoms with E-state index in [1.165, 1.54) is 18.2 Å². The number of ether oxygens (including phenoxy) is 1. The minimum absolute atomic E-state index is 0.314. The smallest absolute Gasteiger partial charge is 0.337 e. The van der Waals surface area contributed by atoms with E-state index in [9.17, 15) is 4.79 Å². The van der Waals surface area contributed by atoms with Gasteiger partial charge in [0.2, 0.25) is 0 Å². The number of benzene rings is 2. The largest absolute Gasteiger partial charge is 0.465 e. The van der Waals surface area contributed by atoms with Crippen molar-refractivity contribution in [1.82, 2.24) is 10.6 Å². The summed E-state index contributed by atoms with van der Waals surface area (Å²) in [4.78, 5) is 15.7. The van der Waals surface area contributed by atoms with Crippen LogP contribution in [0.2, 0.25) is 0 Å². The summed E-state index contributed by atoms with van der Waals surface area (Å²) in [7, 11) is 3.15. The molecule has 132 valence electrons. The summed E-state index contributed by atoms with van der Waals surface area (Å²) >= 11 is 0. The number of nitrogens with one attached hydrogen (secondary N) is 2. The molecule has 0 aromatic heterocycles. The zero-order chi connectivity index (χ0) is 18.1. The van der Waals surface area contributed by atoms with E-state index in [2.05, 4.69) is 34.7 Å². The Morgan fingerprint density at radius 1 is 1.08 bits per heavy atom. The maximum Gasteiger partial charge on any atom is 0.337 e. The summed E-state index contributed by atoms with van der Waals surface area (Å²) in [5.41, 5.74) is 4.23. The molecular weight excluding hydrogens is 314 g/mol. The van der Waals surface area contributed by atoms with Crippen LogP contribution in [0.5, 0.6) is 0 Å². The summed E-state index contributed by atoms with van der Waals surface area (Å²) < 4.78 is 4.70. The molecule has 0 atom stereocenters. The van der Waals surface area contributed by atoms with Crippen LogP contribution in [0.15, 0.2) is 53.5 Å². The van der Waals surface area contributed by atoms with Gasteiger partial charge in [-0.25, -0.2) is 4.79 Å². The fraction of sp³-hybridized carbons (Fsp3) is 0.300. The molecule has 2 rings (SSSR count). The zero-order valence-electron chi connectivity index (χ0n) is 15.0. The van der Waals surface area contributed by atoms with Gasteiger partial charge >= 0.3 is 5.97 Å². The highest BCUT2D eigenvalue weighted by Gasteiger charge is 2.04. The maximum absolute atomic E-state index is 11.4. The van der Waals surface area contributed by atoms with E-state index in [1.807, 2.05) is 24.3 Å². The molecule has 0 radical (unpaired) electrons. The second kappa shape index (κ2) is 9.47. The third kappa shape index (κ3) is 5.64. The number of carbonyl (C=O) groups excluding carboxylic acids is 1. The standard InChI is InChI=1S/C20H25N3O2/c1-15-6-4-5-7-18(15)14-23-20(21-2)22-13-12-16-8-10-17(11-9-16)19(24)25-3/h4-11H,12-14H2,1-3H3,(H2,21,22,23). The van der Waals surface area contributed by atoms with Gasteiger partial charge in [-0.2, -0.15) is 0 Å². The van der Waals surface area contributed by atoms with Crippen LogP contribution in [0.3, 0.4) is 0 Å². The molecule has 0 bridgehead atoms. The first-order valence-electron chi connectivity index (χ1n) is 8.30. The van der Waals surface area contributed by atoms with Gasteiger partial charge in [-0.15, -0.1) is 0 Å². The number of esters is 1. The fourth-order valence-corrected chi connectivity index (χ4v) is 2.46. The third-order valence-corrected chi connectivity index (χ3v) is 4.01. The van der Waals surface area contributed by atoms with Crippen LogP contribution in [0.4, 0.5) is 0 Å². The van der Waals surface area contributed by atoms with Crippen LogP contribution in [-0.4, -0.2) is 32.6 Å². The highest BCUT2D eigenvalue weighted by molar-refractivity contribution is 5.89. The number of hydrogen-bond donors (Lipinski definition) is 2. The van der Waals surface area contributed by atoms with Crippen molar-refractivity contribution in [3.05, 3.63) is 70.8 Å². The number of aliphatic imine (C=N–C) groups is 1. The van der Waals surface area contributed by atoms with Crippen molar-refractivity contribution in [2.24, 2.45) is 4.99 Å². The highest BCUT2D eigenvalue weighted by Crippen LogP contribution is 2.07. The minimum Gasteiger partial charge on any atom is -0.465 e. The molecule has 2 N–H and O–H groups in total. The molecule has 0 saturated heterocycles. The van der Waals surface area contributed by atoms with Gasteiger partial charge in [0.25, 0.3) is 0 Å². The summed E-state index contributed by atoms with van der Waals surface area (Å²) in [6.07, 6.45) is 0.840. The van der Waals surface area contributed by atoms with Crippen molar-refractivity contribution in [3.8, 4) is 0 Å². The lowest BCUT2D eigenvalue weighted by molar-refractivity contribution is 0.0600. The van der Waals surface area contributed by atoms with Gasteiger partial charge in [0, 0.05) is 20.1 Å². The van der Waals surface area contributed by atoms with Gasteiger partial charge in [-0.05, 0) is 42.2 Å². The topological polar surface area (TPSA) is 62.7 Å². The van der Waals surface area contributed by atoms with Crippen LogP contribution in [0, 0.1) is 6.92 Å². The van der Waals surface area contributed by atoms with Crippen LogP contribution in [-0.2, 0) is 17.7 Å². The molecule has 25 heavy (non-hydrogen) atoms. The van der Waals surface area contributed by atoms with E-state index in [-0.39, 0.29) is 5.97 Å². The average Bonchev–Trinajstić information content (AvgIpc) is 2.65. The van der Waals surface area contributed by atoms with Gasteiger partial charge in [0.15, 0.2) is 5.96 Å². The summed E-state index contributed by atoms with van der Waals surface area (Å²) in [5.74, 6) is 0.458. The molecule has 5 nitrogen and oxygen atoms in total. The molecule has 0 aliphatic heterocycles. The number of methoxy groups -OCH3 is 1. The molecule has 0 amide bonds. The normalized spacial score (nSPS) is 11.1. The summed E-state index contributed by atoms with van der Waals surface area (Å²) in [6.45, 7) is 3.59. The van der Waals surface area contributed by atoms with E-state index in [4.69, 9.17) is 4.74 Å². The quantitative estimate of drug-likeness (QED) is 0.482. The first-order valence-corrected chi connectivity index (χ1v) is 8.30. The Morgan fingerprint density at radius 2 is 1.80 bits per heavy atom. The molecule has 5 heteroatoms. The first-order chi connectivity index (χ1) is 12.1. The van der Waals surface area contributed by atoms with Gasteiger partial charge in [0.1, 0.15) is 0 Å². The predicted molar refractivity (Wildman–Crippen MR) is 101 cm³/mol. The van der Waals surface area contributed by atoms with Crippen molar-refractivity contribution in [2.45, 2.75) is 19.9 Å². The Hall–Kier alpha value is -2.82. The lowest BCUT2D eigenvalue weighted by atomic mass is 10.1. The van der Waals surface area contributed by atoms with E-state index >= 15 is 0 Å². The highest BCUT2D eigenvalue weighted by atomic mass is 16.5. The molecule has 0 unspecified atom stereocenters. The molecule has 2 aromatic carbocycles. The monoisotopic (exact) mass is 339 g/mol. The number of aryl methyl sites for hydroxylation is 1. The van der Waals surface area contributed by atoms with Crippen molar-refractivity contribution >= 4 is 11.9 Å². The Bertz CT molecular complexity index is 724. The van der Waals surface area contributed by atoms with E-state index in [0.29, 0.717) is 5.56 Å². The number of hydrogen-bond acceptors (Lipinski definition) is 3. The Kier molecular flexibility index (Phi) is 7.01. The van der Waals surface area contributed by atoms with Crippen molar-refractivity contribution in [1.29, 1.82) is 0 Å². The minimum atomic E-state index is -0.314. The predicted octanol–water partition coefficient (Wildman–Crippen LogP) is 2.69. The van der Waals surface area contributed by atoms with Crippen molar-refractivity contribution in [2.75, 3.05) is 20.7 Å². The third-order valence-electron chi connectivity index (χ3n) is 4.01. The van der Waals surface area contributed by atoms with E-state index < -0.39 is 0 Å². The number of carbonyl (C=O) groups is 1. The Labute approximate surface area is 149 Å². The first kappa shape index (κ1) is 18.5. The van der Waals surface area contributed by atoms with Crippen molar-refractivity contribution < 1.29 is 9.53 Å². The lowest BCUT2D eigenvalue weighted by Crippen LogP contribution is -2.38. The zero-order valence-corrected chi connectivity index (χ0v) is 15.0. The fourth-order valence-electron chi connectivity index (χ4n) is 2.46. The second-order valence-corrected chi connectivity index (χ2v) is 5.72. The van der Waals surface area contributed by atoms with Gasteiger partial charge in [-0.1, -0.05) is 36.4 Å². The Balaban J connectivity index is 1.79. The van der Waals surface area contributed by atoms with E-state index in [1.54, 1.807) is 19.2 Å². The molecule has 0 saturated carbocycles. The average molecular weight is 339 g/mol. The van der Waals surface area contributed by atoms with Gasteiger partial charge in [0.05, 0.1) is 12.7 Å². The molecular formula is C20H25N3O2. The molecule has 2 aromatic rings. The summed E-state index contributed by atoms with van der Waals surface area (Å²) in [6, 6.07) is 15.7. The molecule has 0 spiro atoms. The molecule has 0 aliphatic carbocycles. The van der Waals surface area contributed by atoms with Gasteiger partial charge < -0.3 is 15.4 Å².